The summed E-state index contributed by atoms with van der Waals surface area (Å²) in [7, 11) is 2.03. The molecular formula is C12H17ClN2O2. The molecule has 0 aromatic heterocycles. The van der Waals surface area contributed by atoms with Gasteiger partial charge >= 0.3 is 0 Å². The summed E-state index contributed by atoms with van der Waals surface area (Å²) in [5.74, 6) is 1.39. The van der Waals surface area contributed by atoms with E-state index in [1.807, 2.05) is 19.2 Å². The summed E-state index contributed by atoms with van der Waals surface area (Å²) in [5, 5.41) is 0.610. The molecule has 0 amide bonds. The smallest absolute Gasteiger partial charge is 0.179 e. The van der Waals surface area contributed by atoms with Gasteiger partial charge in [0.15, 0.2) is 11.5 Å². The van der Waals surface area contributed by atoms with Crippen LogP contribution in [0, 0.1) is 0 Å². The summed E-state index contributed by atoms with van der Waals surface area (Å²) in [4.78, 5) is 2.14. The van der Waals surface area contributed by atoms with E-state index in [0.29, 0.717) is 30.5 Å². The highest BCUT2D eigenvalue weighted by Crippen LogP contribution is 2.38. The summed E-state index contributed by atoms with van der Waals surface area (Å²) in [6.45, 7) is 3.43. The van der Waals surface area contributed by atoms with E-state index < -0.39 is 0 Å². The molecule has 0 saturated carbocycles. The van der Waals surface area contributed by atoms with Crippen molar-refractivity contribution in [1.82, 2.24) is 4.90 Å². The van der Waals surface area contributed by atoms with Gasteiger partial charge in [0.2, 0.25) is 0 Å². The molecule has 0 bridgehead atoms. The Morgan fingerprint density at radius 3 is 2.88 bits per heavy atom. The number of nitrogens with two attached hydrogens (primary N) is 1. The van der Waals surface area contributed by atoms with Gasteiger partial charge < -0.3 is 20.1 Å². The minimum Gasteiger partial charge on any atom is -0.486 e. The number of hydrogen-bond acceptors (Lipinski definition) is 4. The number of likely N-dealkylation sites (N-methyl/N-ethyl adjacent to an activating group) is 1. The average molecular weight is 257 g/mol. The fraction of sp³-hybridized carbons (Fsp3) is 0.500. The van der Waals surface area contributed by atoms with Crippen molar-refractivity contribution in [2.24, 2.45) is 5.73 Å². The third-order valence-corrected chi connectivity index (χ3v) is 2.90. The molecule has 5 heteroatoms. The minimum absolute atomic E-state index is 0.555. The molecule has 1 aliphatic heterocycles. The van der Waals surface area contributed by atoms with Crippen LogP contribution in [0.4, 0.5) is 0 Å². The van der Waals surface area contributed by atoms with E-state index in [4.69, 9.17) is 26.8 Å². The van der Waals surface area contributed by atoms with Crippen LogP contribution in [0.3, 0.4) is 0 Å². The zero-order valence-corrected chi connectivity index (χ0v) is 10.7. The van der Waals surface area contributed by atoms with Crippen LogP contribution in [0.15, 0.2) is 12.1 Å². The first-order valence-corrected chi connectivity index (χ1v) is 6.05. The fourth-order valence-corrected chi connectivity index (χ4v) is 2.15. The van der Waals surface area contributed by atoms with Crippen molar-refractivity contribution in [3.63, 3.8) is 0 Å². The van der Waals surface area contributed by atoms with Crippen LogP contribution in [0.5, 0.6) is 11.5 Å². The second-order valence-corrected chi connectivity index (χ2v) is 4.54. The SMILES string of the molecule is CN(CCN)Cc1cc(Cl)c2c(c1)OCCO2. The van der Waals surface area contributed by atoms with Gasteiger partial charge in [-0.3, -0.25) is 0 Å². The quantitative estimate of drug-likeness (QED) is 0.887. The molecule has 4 nitrogen and oxygen atoms in total. The van der Waals surface area contributed by atoms with E-state index in [2.05, 4.69) is 4.90 Å². The number of ether oxygens (including phenoxy) is 2. The van der Waals surface area contributed by atoms with Crippen molar-refractivity contribution < 1.29 is 9.47 Å². The lowest BCUT2D eigenvalue weighted by molar-refractivity contribution is 0.171. The van der Waals surface area contributed by atoms with Gasteiger partial charge in [-0.15, -0.1) is 0 Å². The van der Waals surface area contributed by atoms with Crippen LogP contribution in [0.25, 0.3) is 0 Å². The van der Waals surface area contributed by atoms with Crippen LogP contribution < -0.4 is 15.2 Å². The molecule has 1 aromatic rings. The Balaban J connectivity index is 2.16. The average Bonchev–Trinajstić information content (AvgIpc) is 2.29. The lowest BCUT2D eigenvalue weighted by Crippen LogP contribution is -2.25. The molecule has 0 saturated heterocycles. The third-order valence-electron chi connectivity index (χ3n) is 2.62. The highest BCUT2D eigenvalue weighted by atomic mass is 35.5. The van der Waals surface area contributed by atoms with E-state index in [1.165, 1.54) is 0 Å². The molecule has 0 fully saturated rings. The molecule has 0 aliphatic carbocycles. The summed E-state index contributed by atoms with van der Waals surface area (Å²) < 4.78 is 11.0. The van der Waals surface area contributed by atoms with Crippen LogP contribution in [-0.4, -0.2) is 38.3 Å². The fourth-order valence-electron chi connectivity index (χ4n) is 1.87. The molecule has 0 spiro atoms. The Bertz CT molecular complexity index is 398. The highest BCUT2D eigenvalue weighted by Gasteiger charge is 2.16. The molecule has 17 heavy (non-hydrogen) atoms. The standard InChI is InChI=1S/C12H17ClN2O2/c1-15(3-2-14)8-9-6-10(13)12-11(7-9)16-4-5-17-12/h6-7H,2-5,8,14H2,1H3. The van der Waals surface area contributed by atoms with Gasteiger partial charge in [-0.05, 0) is 24.7 Å². The van der Waals surface area contributed by atoms with Gasteiger partial charge in [-0.2, -0.15) is 0 Å². The normalized spacial score (nSPS) is 14.1. The van der Waals surface area contributed by atoms with E-state index in [1.54, 1.807) is 0 Å². The summed E-state index contributed by atoms with van der Waals surface area (Å²) in [5.41, 5.74) is 6.62. The molecule has 0 atom stereocenters. The molecule has 0 unspecified atom stereocenters. The minimum atomic E-state index is 0.555. The number of benzene rings is 1. The van der Waals surface area contributed by atoms with E-state index in [-0.39, 0.29) is 0 Å². The Hall–Kier alpha value is -0.970. The van der Waals surface area contributed by atoms with Crippen molar-refractivity contribution in [2.45, 2.75) is 6.54 Å². The van der Waals surface area contributed by atoms with Gasteiger partial charge in [-0.1, -0.05) is 11.6 Å². The van der Waals surface area contributed by atoms with Gasteiger partial charge in [0.25, 0.3) is 0 Å². The first-order chi connectivity index (χ1) is 8.20. The number of fused-ring (bicyclic) bond motifs is 1. The van der Waals surface area contributed by atoms with E-state index >= 15 is 0 Å². The van der Waals surface area contributed by atoms with Crippen LogP contribution >= 0.6 is 11.6 Å². The van der Waals surface area contributed by atoms with Crippen molar-refractivity contribution in [2.75, 3.05) is 33.4 Å². The topological polar surface area (TPSA) is 47.7 Å². The molecule has 94 valence electrons. The molecule has 1 aromatic carbocycles. The second kappa shape index (κ2) is 5.58. The Morgan fingerprint density at radius 1 is 1.35 bits per heavy atom. The van der Waals surface area contributed by atoms with Crippen molar-refractivity contribution in [3.8, 4) is 11.5 Å². The van der Waals surface area contributed by atoms with Gasteiger partial charge in [0.1, 0.15) is 13.2 Å². The maximum absolute atomic E-state index is 6.16. The number of hydrogen-bond donors (Lipinski definition) is 1. The first kappa shape index (κ1) is 12.5. The molecule has 2 N–H and O–H groups in total. The number of halogens is 1. The zero-order chi connectivity index (χ0) is 12.3. The predicted octanol–water partition coefficient (Wildman–Crippen LogP) is 1.50. The van der Waals surface area contributed by atoms with Crippen molar-refractivity contribution >= 4 is 11.6 Å². The number of nitrogens with zero attached hydrogens (tertiary/aromatic N) is 1. The lowest BCUT2D eigenvalue weighted by Gasteiger charge is -2.22. The van der Waals surface area contributed by atoms with Crippen LogP contribution in [0.1, 0.15) is 5.56 Å². The van der Waals surface area contributed by atoms with Crippen molar-refractivity contribution in [1.29, 1.82) is 0 Å². The maximum Gasteiger partial charge on any atom is 0.179 e. The summed E-state index contributed by atoms with van der Waals surface area (Å²) >= 11 is 6.16. The Labute approximate surface area is 106 Å². The highest BCUT2D eigenvalue weighted by molar-refractivity contribution is 6.32. The Morgan fingerprint density at radius 2 is 2.12 bits per heavy atom. The Kier molecular flexibility index (Phi) is 4.10. The van der Waals surface area contributed by atoms with Gasteiger partial charge in [0.05, 0.1) is 5.02 Å². The largest absolute Gasteiger partial charge is 0.486 e. The summed E-state index contributed by atoms with van der Waals surface area (Å²) in [6.07, 6.45) is 0. The first-order valence-electron chi connectivity index (χ1n) is 5.67. The zero-order valence-electron chi connectivity index (χ0n) is 9.91. The third kappa shape index (κ3) is 3.03. The van der Waals surface area contributed by atoms with E-state index in [0.717, 1.165) is 24.4 Å². The summed E-state index contributed by atoms with van der Waals surface area (Å²) in [6, 6.07) is 3.90. The lowest BCUT2D eigenvalue weighted by atomic mass is 10.2. The maximum atomic E-state index is 6.16. The molecule has 2 rings (SSSR count). The molecule has 0 radical (unpaired) electrons. The van der Waals surface area contributed by atoms with Crippen LogP contribution in [0.2, 0.25) is 5.02 Å². The molecule has 1 aliphatic rings. The van der Waals surface area contributed by atoms with Crippen LogP contribution in [-0.2, 0) is 6.54 Å². The van der Waals surface area contributed by atoms with Gasteiger partial charge in [-0.25, -0.2) is 0 Å². The predicted molar refractivity (Wildman–Crippen MR) is 67.8 cm³/mol. The van der Waals surface area contributed by atoms with Gasteiger partial charge in [0, 0.05) is 19.6 Å². The van der Waals surface area contributed by atoms with Crippen molar-refractivity contribution in [3.05, 3.63) is 22.7 Å². The molecular weight excluding hydrogens is 240 g/mol. The molecule has 1 heterocycles. The second-order valence-electron chi connectivity index (χ2n) is 4.13. The monoisotopic (exact) mass is 256 g/mol. The van der Waals surface area contributed by atoms with E-state index in [9.17, 15) is 0 Å². The number of rotatable bonds is 4.